The maximum atomic E-state index is 12.2. The second-order valence-electron chi connectivity index (χ2n) is 5.76. The van der Waals surface area contributed by atoms with Crippen LogP contribution >= 0.6 is 0 Å². The third-order valence-corrected chi connectivity index (χ3v) is 3.98. The van der Waals surface area contributed by atoms with Gasteiger partial charge in [0.1, 0.15) is 6.04 Å². The van der Waals surface area contributed by atoms with E-state index in [-0.39, 0.29) is 17.9 Å². The molecular formula is C17H24N2O2. The van der Waals surface area contributed by atoms with Gasteiger partial charge in [0.25, 0.3) is 5.91 Å². The van der Waals surface area contributed by atoms with Crippen LogP contribution in [0.5, 0.6) is 0 Å². The molecule has 4 nitrogen and oxygen atoms in total. The SMILES string of the molecule is C[C@@H](NC(=O)c1ccccc1)C(=O)NC1CCCCCC1. The molecule has 1 saturated carbocycles. The van der Waals surface area contributed by atoms with Crippen molar-refractivity contribution in [3.8, 4) is 0 Å². The van der Waals surface area contributed by atoms with Crippen LogP contribution in [0.1, 0.15) is 55.8 Å². The largest absolute Gasteiger partial charge is 0.352 e. The first-order valence-corrected chi connectivity index (χ1v) is 7.83. The number of rotatable bonds is 4. The molecule has 0 spiro atoms. The lowest BCUT2D eigenvalue weighted by molar-refractivity contribution is -0.123. The van der Waals surface area contributed by atoms with E-state index in [1.165, 1.54) is 25.7 Å². The van der Waals surface area contributed by atoms with Crippen molar-refractivity contribution in [2.45, 2.75) is 57.5 Å². The lowest BCUT2D eigenvalue weighted by Crippen LogP contribution is -2.48. The lowest BCUT2D eigenvalue weighted by Gasteiger charge is -2.20. The Morgan fingerprint density at radius 2 is 1.67 bits per heavy atom. The standard InChI is InChI=1S/C17H24N2O2/c1-13(18-17(21)14-9-5-4-6-10-14)16(20)19-15-11-7-2-3-8-12-15/h4-6,9-10,13,15H,2-3,7-8,11-12H2,1H3,(H,18,21)(H,19,20)/t13-/m1/s1. The van der Waals surface area contributed by atoms with E-state index in [4.69, 9.17) is 0 Å². The molecule has 4 heteroatoms. The van der Waals surface area contributed by atoms with Crippen LogP contribution in [0, 0.1) is 0 Å². The minimum absolute atomic E-state index is 0.0915. The van der Waals surface area contributed by atoms with Gasteiger partial charge in [0.05, 0.1) is 0 Å². The van der Waals surface area contributed by atoms with Gasteiger partial charge in [0.2, 0.25) is 5.91 Å². The van der Waals surface area contributed by atoms with E-state index in [9.17, 15) is 9.59 Å². The predicted molar refractivity (Wildman–Crippen MR) is 83.0 cm³/mol. The van der Waals surface area contributed by atoms with Crippen molar-refractivity contribution >= 4 is 11.8 Å². The van der Waals surface area contributed by atoms with Crippen LogP contribution in [-0.2, 0) is 4.79 Å². The van der Waals surface area contributed by atoms with Gasteiger partial charge in [-0.15, -0.1) is 0 Å². The fourth-order valence-corrected chi connectivity index (χ4v) is 2.68. The fourth-order valence-electron chi connectivity index (χ4n) is 2.68. The average molecular weight is 288 g/mol. The summed E-state index contributed by atoms with van der Waals surface area (Å²) in [5.74, 6) is -0.301. The Kier molecular flexibility index (Phi) is 5.78. The lowest BCUT2D eigenvalue weighted by atomic mass is 10.1. The van der Waals surface area contributed by atoms with E-state index in [0.717, 1.165) is 12.8 Å². The minimum Gasteiger partial charge on any atom is -0.352 e. The molecule has 2 N–H and O–H groups in total. The van der Waals surface area contributed by atoms with Gasteiger partial charge >= 0.3 is 0 Å². The second kappa shape index (κ2) is 7.81. The van der Waals surface area contributed by atoms with Crippen molar-refractivity contribution in [2.24, 2.45) is 0 Å². The number of carbonyl (C=O) groups is 2. The third-order valence-electron chi connectivity index (χ3n) is 3.98. The van der Waals surface area contributed by atoms with Crippen LogP contribution in [0.3, 0.4) is 0 Å². The van der Waals surface area contributed by atoms with Crippen LogP contribution < -0.4 is 10.6 Å². The first kappa shape index (κ1) is 15.5. The minimum atomic E-state index is -0.513. The Hall–Kier alpha value is -1.84. The highest BCUT2D eigenvalue weighted by molar-refractivity contribution is 5.97. The van der Waals surface area contributed by atoms with Gasteiger partial charge < -0.3 is 10.6 Å². The molecule has 2 rings (SSSR count). The van der Waals surface area contributed by atoms with Crippen molar-refractivity contribution in [3.63, 3.8) is 0 Å². The van der Waals surface area contributed by atoms with Crippen LogP contribution in [-0.4, -0.2) is 23.9 Å². The summed E-state index contributed by atoms with van der Waals surface area (Å²) in [7, 11) is 0. The molecule has 0 aliphatic heterocycles. The molecule has 1 aliphatic rings. The molecule has 0 heterocycles. The van der Waals surface area contributed by atoms with E-state index >= 15 is 0 Å². The number of hydrogen-bond acceptors (Lipinski definition) is 2. The van der Waals surface area contributed by atoms with Crippen molar-refractivity contribution in [1.82, 2.24) is 10.6 Å². The Balaban J connectivity index is 1.83. The zero-order valence-corrected chi connectivity index (χ0v) is 12.6. The molecule has 1 fully saturated rings. The fraction of sp³-hybridized carbons (Fsp3) is 0.529. The summed E-state index contributed by atoms with van der Waals surface area (Å²) in [6, 6.07) is 8.71. The summed E-state index contributed by atoms with van der Waals surface area (Å²) in [5.41, 5.74) is 0.576. The smallest absolute Gasteiger partial charge is 0.251 e. The van der Waals surface area contributed by atoms with Crippen LogP contribution in [0.15, 0.2) is 30.3 Å². The van der Waals surface area contributed by atoms with Crippen molar-refractivity contribution in [1.29, 1.82) is 0 Å². The number of hydrogen-bond donors (Lipinski definition) is 2. The molecule has 0 saturated heterocycles. The van der Waals surface area contributed by atoms with E-state index in [1.54, 1.807) is 19.1 Å². The highest BCUT2D eigenvalue weighted by Gasteiger charge is 2.20. The molecule has 0 bridgehead atoms. The summed E-state index contributed by atoms with van der Waals surface area (Å²) in [4.78, 5) is 24.2. The van der Waals surface area contributed by atoms with Crippen LogP contribution in [0.25, 0.3) is 0 Å². The molecule has 114 valence electrons. The van der Waals surface area contributed by atoms with Gasteiger partial charge in [-0.05, 0) is 31.9 Å². The molecule has 21 heavy (non-hydrogen) atoms. The van der Waals surface area contributed by atoms with Gasteiger partial charge in [-0.3, -0.25) is 9.59 Å². The normalized spacial score (nSPS) is 17.6. The Morgan fingerprint density at radius 1 is 1.05 bits per heavy atom. The molecule has 1 aromatic carbocycles. The van der Waals surface area contributed by atoms with Crippen molar-refractivity contribution < 1.29 is 9.59 Å². The maximum Gasteiger partial charge on any atom is 0.251 e. The van der Waals surface area contributed by atoms with E-state index in [1.807, 2.05) is 18.2 Å². The Morgan fingerprint density at radius 3 is 2.29 bits per heavy atom. The zero-order valence-electron chi connectivity index (χ0n) is 12.6. The van der Waals surface area contributed by atoms with Crippen LogP contribution in [0.2, 0.25) is 0 Å². The Bertz CT molecular complexity index is 465. The summed E-state index contributed by atoms with van der Waals surface area (Å²) in [6.45, 7) is 1.73. The van der Waals surface area contributed by atoms with Gasteiger partial charge in [-0.25, -0.2) is 0 Å². The van der Waals surface area contributed by atoms with Crippen molar-refractivity contribution in [2.75, 3.05) is 0 Å². The average Bonchev–Trinajstić information content (AvgIpc) is 2.76. The van der Waals surface area contributed by atoms with Crippen LogP contribution in [0.4, 0.5) is 0 Å². The highest BCUT2D eigenvalue weighted by atomic mass is 16.2. The number of amides is 2. The molecule has 1 aliphatic carbocycles. The topological polar surface area (TPSA) is 58.2 Å². The monoisotopic (exact) mass is 288 g/mol. The summed E-state index contributed by atoms with van der Waals surface area (Å²) in [6.07, 6.45) is 6.96. The Labute approximate surface area is 126 Å². The molecule has 1 atom stereocenters. The van der Waals surface area contributed by atoms with Gasteiger partial charge in [-0.1, -0.05) is 43.9 Å². The first-order valence-electron chi connectivity index (χ1n) is 7.83. The second-order valence-corrected chi connectivity index (χ2v) is 5.76. The predicted octanol–water partition coefficient (Wildman–Crippen LogP) is 2.64. The van der Waals surface area contributed by atoms with E-state index in [2.05, 4.69) is 10.6 Å². The molecule has 0 radical (unpaired) electrons. The quantitative estimate of drug-likeness (QED) is 0.837. The van der Waals surface area contributed by atoms with Gasteiger partial charge in [-0.2, -0.15) is 0 Å². The maximum absolute atomic E-state index is 12.2. The zero-order chi connectivity index (χ0) is 15.1. The summed E-state index contributed by atoms with van der Waals surface area (Å²) in [5, 5.41) is 5.81. The molecule has 0 aromatic heterocycles. The van der Waals surface area contributed by atoms with Gasteiger partial charge in [0.15, 0.2) is 0 Å². The molecular weight excluding hydrogens is 264 g/mol. The highest BCUT2D eigenvalue weighted by Crippen LogP contribution is 2.17. The first-order chi connectivity index (χ1) is 10.2. The number of benzene rings is 1. The summed E-state index contributed by atoms with van der Waals surface area (Å²) < 4.78 is 0. The molecule has 0 unspecified atom stereocenters. The number of nitrogens with one attached hydrogen (secondary N) is 2. The third kappa shape index (κ3) is 4.88. The van der Waals surface area contributed by atoms with E-state index in [0.29, 0.717) is 5.56 Å². The van der Waals surface area contributed by atoms with E-state index < -0.39 is 6.04 Å². The van der Waals surface area contributed by atoms with Crippen molar-refractivity contribution in [3.05, 3.63) is 35.9 Å². The summed E-state index contributed by atoms with van der Waals surface area (Å²) >= 11 is 0. The van der Waals surface area contributed by atoms with Gasteiger partial charge in [0, 0.05) is 11.6 Å². The number of carbonyl (C=O) groups excluding carboxylic acids is 2. The molecule has 1 aromatic rings. The molecule has 2 amide bonds.